The highest BCUT2D eigenvalue weighted by molar-refractivity contribution is 7.99. The van der Waals surface area contributed by atoms with Crippen LogP contribution in [0.2, 0.25) is 0 Å². The molecule has 0 saturated carbocycles. The number of ether oxygens (including phenoxy) is 2. The van der Waals surface area contributed by atoms with E-state index >= 15 is 0 Å². The minimum absolute atomic E-state index is 0.108. The number of hydrogen-bond acceptors (Lipinski definition) is 7. The van der Waals surface area contributed by atoms with Gasteiger partial charge in [0.05, 0.1) is 49.1 Å². The fourth-order valence-electron chi connectivity index (χ4n) is 6.75. The summed E-state index contributed by atoms with van der Waals surface area (Å²) in [4.78, 5) is 2.37. The Morgan fingerprint density at radius 1 is 0.471 bits per heavy atom. The molecular weight excluding hydrogens is 649 g/mol. The molecule has 2 heterocycles. The number of methoxy groups -OCH3 is 2. The van der Waals surface area contributed by atoms with Crippen LogP contribution in [0.25, 0.3) is 0 Å². The van der Waals surface area contributed by atoms with E-state index in [1.165, 1.54) is 20.9 Å². The molecule has 6 aromatic rings. The minimum Gasteiger partial charge on any atom is -0.497 e. The van der Waals surface area contributed by atoms with Gasteiger partial charge in [0.1, 0.15) is 11.5 Å². The maximum absolute atomic E-state index is 5.41. The van der Waals surface area contributed by atoms with E-state index in [1.54, 1.807) is 26.0 Å². The Hall–Kier alpha value is -5.79. The van der Waals surface area contributed by atoms with E-state index in [0.717, 1.165) is 58.3 Å². The fourth-order valence-corrected chi connectivity index (χ4v) is 7.56. The molecular formula is C44H38N4O2S. The van der Waals surface area contributed by atoms with Gasteiger partial charge in [-0.05, 0) is 95.1 Å². The van der Waals surface area contributed by atoms with E-state index in [9.17, 15) is 0 Å². The molecule has 0 fully saturated rings. The molecule has 0 spiro atoms. The van der Waals surface area contributed by atoms with Crippen molar-refractivity contribution in [2.45, 2.75) is 34.7 Å². The second-order valence-corrected chi connectivity index (χ2v) is 13.7. The summed E-state index contributed by atoms with van der Waals surface area (Å²) in [5.74, 6) is 1.71. The second-order valence-electron chi connectivity index (χ2n) is 12.6. The first-order valence-corrected chi connectivity index (χ1v) is 18.0. The van der Waals surface area contributed by atoms with Crippen molar-refractivity contribution in [1.82, 2.24) is 0 Å². The van der Waals surface area contributed by atoms with Crippen LogP contribution in [0, 0.1) is 0 Å². The summed E-state index contributed by atoms with van der Waals surface area (Å²) in [6.07, 6.45) is 1.64. The molecule has 0 amide bonds. The van der Waals surface area contributed by atoms with Gasteiger partial charge in [0.25, 0.3) is 0 Å². The van der Waals surface area contributed by atoms with Gasteiger partial charge in [-0.25, -0.2) is 0 Å². The molecule has 2 unspecified atom stereocenters. The van der Waals surface area contributed by atoms with Crippen molar-refractivity contribution in [3.05, 3.63) is 180 Å². The van der Waals surface area contributed by atoms with E-state index in [4.69, 9.17) is 19.7 Å². The van der Waals surface area contributed by atoms with Crippen LogP contribution in [-0.2, 0) is 0 Å². The summed E-state index contributed by atoms with van der Waals surface area (Å²) < 4.78 is 10.8. The Morgan fingerprint density at radius 3 is 1.20 bits per heavy atom. The van der Waals surface area contributed by atoms with E-state index in [1.807, 2.05) is 36.4 Å². The fraction of sp³-hybridized carbons (Fsp3) is 0.136. The predicted molar refractivity (Wildman–Crippen MR) is 209 cm³/mol. The van der Waals surface area contributed by atoms with Gasteiger partial charge in [0.2, 0.25) is 0 Å². The van der Waals surface area contributed by atoms with Crippen LogP contribution >= 0.6 is 11.8 Å². The Balaban J connectivity index is 0.975. The molecule has 2 aliphatic rings. The standard InChI is InChI=1S/C44H38N4O2S/c1-49-37-21-13-33(14-22-37)43-29-41(45-47(43)35-9-5-3-6-10-35)31-17-25-39(26-18-31)51-40-27-19-32(20-28-40)42-30-44(34-15-23-38(50-2)24-16-34)48(46-42)36-11-7-4-8-12-36/h3-28,43-44H,29-30H2,1-2H3. The third-order valence-electron chi connectivity index (χ3n) is 9.47. The smallest absolute Gasteiger partial charge is 0.118 e. The van der Waals surface area contributed by atoms with E-state index in [2.05, 4.69) is 131 Å². The highest BCUT2D eigenvalue weighted by Crippen LogP contribution is 2.39. The van der Waals surface area contributed by atoms with Gasteiger partial charge in [0, 0.05) is 22.6 Å². The Kier molecular flexibility index (Phi) is 9.28. The van der Waals surface area contributed by atoms with Crippen LogP contribution in [0.4, 0.5) is 11.4 Å². The maximum atomic E-state index is 5.41. The average Bonchev–Trinajstić information content (AvgIpc) is 3.86. The zero-order chi connectivity index (χ0) is 34.6. The lowest BCUT2D eigenvalue weighted by molar-refractivity contribution is 0.414. The van der Waals surface area contributed by atoms with Gasteiger partial charge in [-0.1, -0.05) is 96.7 Å². The first-order valence-electron chi connectivity index (χ1n) is 17.2. The zero-order valence-corrected chi connectivity index (χ0v) is 29.4. The molecule has 8 rings (SSSR count). The molecule has 0 saturated heterocycles. The van der Waals surface area contributed by atoms with Gasteiger partial charge < -0.3 is 9.47 Å². The summed E-state index contributed by atoms with van der Waals surface area (Å²) in [6, 6.07) is 55.2. The van der Waals surface area contributed by atoms with Gasteiger partial charge in [-0.3, -0.25) is 10.0 Å². The van der Waals surface area contributed by atoms with Crippen LogP contribution < -0.4 is 19.5 Å². The van der Waals surface area contributed by atoms with E-state index < -0.39 is 0 Å². The quantitative estimate of drug-likeness (QED) is 0.144. The molecule has 6 nitrogen and oxygen atoms in total. The Bertz CT molecular complexity index is 1980. The molecule has 2 atom stereocenters. The number of anilines is 2. The first kappa shape index (κ1) is 32.4. The lowest BCUT2D eigenvalue weighted by Gasteiger charge is -2.24. The van der Waals surface area contributed by atoms with Crippen molar-refractivity contribution < 1.29 is 9.47 Å². The number of rotatable bonds is 10. The number of hydrogen-bond donors (Lipinski definition) is 0. The van der Waals surface area contributed by atoms with Crippen LogP contribution in [0.5, 0.6) is 11.5 Å². The number of nitrogens with zero attached hydrogens (tertiary/aromatic N) is 4. The third-order valence-corrected chi connectivity index (χ3v) is 10.5. The van der Waals surface area contributed by atoms with Gasteiger partial charge in [-0.2, -0.15) is 10.2 Å². The molecule has 0 radical (unpaired) electrons. The van der Waals surface area contributed by atoms with Gasteiger partial charge in [-0.15, -0.1) is 0 Å². The lowest BCUT2D eigenvalue weighted by Crippen LogP contribution is -2.18. The zero-order valence-electron chi connectivity index (χ0n) is 28.6. The summed E-state index contributed by atoms with van der Waals surface area (Å²) >= 11 is 1.76. The summed E-state index contributed by atoms with van der Waals surface area (Å²) in [5.41, 5.74) is 9.02. The predicted octanol–water partition coefficient (Wildman–Crippen LogP) is 10.6. The largest absolute Gasteiger partial charge is 0.497 e. The monoisotopic (exact) mass is 686 g/mol. The third kappa shape index (κ3) is 6.98. The molecule has 0 aromatic heterocycles. The van der Waals surface area contributed by atoms with Crippen LogP contribution in [0.1, 0.15) is 47.2 Å². The van der Waals surface area contributed by atoms with Crippen molar-refractivity contribution in [2.75, 3.05) is 24.2 Å². The summed E-state index contributed by atoms with van der Waals surface area (Å²) in [5, 5.41) is 14.6. The van der Waals surface area contributed by atoms with Crippen LogP contribution in [-0.4, -0.2) is 25.6 Å². The van der Waals surface area contributed by atoms with Crippen molar-refractivity contribution in [1.29, 1.82) is 0 Å². The van der Waals surface area contributed by atoms with Crippen LogP contribution in [0.15, 0.2) is 178 Å². The number of benzene rings is 6. The number of para-hydroxylation sites is 2. The average molecular weight is 687 g/mol. The van der Waals surface area contributed by atoms with Crippen molar-refractivity contribution in [2.24, 2.45) is 10.2 Å². The van der Waals surface area contributed by atoms with Crippen molar-refractivity contribution in [3.8, 4) is 11.5 Å². The highest BCUT2D eigenvalue weighted by atomic mass is 32.2. The Morgan fingerprint density at radius 2 is 0.843 bits per heavy atom. The normalized spacial score (nSPS) is 16.9. The first-order chi connectivity index (χ1) is 25.1. The molecule has 6 aromatic carbocycles. The van der Waals surface area contributed by atoms with E-state index in [-0.39, 0.29) is 12.1 Å². The second kappa shape index (κ2) is 14.6. The summed E-state index contributed by atoms with van der Waals surface area (Å²) in [6.45, 7) is 0. The maximum Gasteiger partial charge on any atom is 0.118 e. The van der Waals surface area contributed by atoms with Crippen LogP contribution in [0.3, 0.4) is 0 Å². The topological polar surface area (TPSA) is 49.7 Å². The molecule has 0 bridgehead atoms. The Labute approximate surface area is 303 Å². The SMILES string of the molecule is COc1ccc(C2CC(c3ccc(Sc4ccc(C5=NN(c6ccccc6)C(c6ccc(OC)cc6)C5)cc4)cc3)=NN2c2ccccc2)cc1. The van der Waals surface area contributed by atoms with Crippen molar-refractivity contribution >= 4 is 34.6 Å². The molecule has 7 heteroatoms. The molecule has 0 aliphatic carbocycles. The van der Waals surface area contributed by atoms with Crippen molar-refractivity contribution in [3.63, 3.8) is 0 Å². The van der Waals surface area contributed by atoms with Gasteiger partial charge >= 0.3 is 0 Å². The molecule has 252 valence electrons. The molecule has 0 N–H and O–H groups in total. The molecule has 51 heavy (non-hydrogen) atoms. The number of hydrazone groups is 2. The highest BCUT2D eigenvalue weighted by Gasteiger charge is 2.31. The summed E-state index contributed by atoms with van der Waals surface area (Å²) in [7, 11) is 3.40. The van der Waals surface area contributed by atoms with E-state index in [0.29, 0.717) is 0 Å². The minimum atomic E-state index is 0.108. The molecule has 2 aliphatic heterocycles. The van der Waals surface area contributed by atoms with Gasteiger partial charge in [0.15, 0.2) is 0 Å². The lowest BCUT2D eigenvalue weighted by atomic mass is 9.98.